The first-order valence-corrected chi connectivity index (χ1v) is 9.86. The summed E-state index contributed by atoms with van der Waals surface area (Å²) in [7, 11) is 0. The molecule has 0 bridgehead atoms. The van der Waals surface area contributed by atoms with Crippen LogP contribution in [-0.2, 0) is 12.0 Å². The molecule has 0 fully saturated rings. The third kappa shape index (κ3) is 3.51. The summed E-state index contributed by atoms with van der Waals surface area (Å²) in [5, 5.41) is 12.0. The lowest BCUT2D eigenvalue weighted by atomic mass is 9.65. The monoisotopic (exact) mass is 354 g/mol. The highest BCUT2D eigenvalue weighted by Crippen LogP contribution is 2.56. The lowest BCUT2D eigenvalue weighted by Gasteiger charge is -2.44. The second kappa shape index (κ2) is 7.74. The van der Waals surface area contributed by atoms with E-state index in [1.165, 1.54) is 25.3 Å². The van der Waals surface area contributed by atoms with Crippen molar-refractivity contribution >= 4 is 11.6 Å². The van der Waals surface area contributed by atoms with E-state index >= 15 is 0 Å². The molecule has 24 heavy (non-hydrogen) atoms. The Morgan fingerprint density at radius 2 is 1.83 bits per heavy atom. The quantitative estimate of drug-likeness (QED) is 0.519. The standard InChI is InChI=1S/C21H32ClFO/c1-5-7-8-9-11-16(10-6-2)21(24)17-13-18(22)19(23)12-15(17)14-20(21,3)4/h12-13,16,24H,5-11,14H2,1-4H3. The molecule has 2 atom stereocenters. The highest BCUT2D eigenvalue weighted by Gasteiger charge is 2.55. The maximum atomic E-state index is 13.9. The van der Waals surface area contributed by atoms with Crippen LogP contribution in [0.15, 0.2) is 12.1 Å². The smallest absolute Gasteiger partial charge is 0.142 e. The summed E-state index contributed by atoms with van der Waals surface area (Å²) in [4.78, 5) is 0. The van der Waals surface area contributed by atoms with Gasteiger partial charge in [0.05, 0.1) is 10.6 Å². The molecule has 1 aromatic carbocycles. The Hall–Kier alpha value is -0.600. The number of hydrogen-bond donors (Lipinski definition) is 1. The lowest BCUT2D eigenvalue weighted by Crippen LogP contribution is -2.45. The first kappa shape index (κ1) is 19.7. The zero-order valence-corrected chi connectivity index (χ0v) is 16.3. The first-order valence-electron chi connectivity index (χ1n) is 9.48. The van der Waals surface area contributed by atoms with Crippen molar-refractivity contribution in [2.45, 2.75) is 84.7 Å². The van der Waals surface area contributed by atoms with Gasteiger partial charge in [0.1, 0.15) is 5.82 Å². The maximum absolute atomic E-state index is 13.9. The summed E-state index contributed by atoms with van der Waals surface area (Å²) in [6.45, 7) is 8.59. The molecule has 3 heteroatoms. The molecule has 1 aliphatic rings. The minimum atomic E-state index is -0.929. The van der Waals surface area contributed by atoms with Crippen LogP contribution in [0.1, 0.15) is 83.8 Å². The Bertz CT molecular complexity index is 569. The van der Waals surface area contributed by atoms with Gasteiger partial charge in [0.2, 0.25) is 0 Å². The van der Waals surface area contributed by atoms with Gasteiger partial charge in [0.25, 0.3) is 0 Å². The number of unbranched alkanes of at least 4 members (excludes halogenated alkanes) is 3. The molecule has 0 aliphatic heterocycles. The van der Waals surface area contributed by atoms with Gasteiger partial charge >= 0.3 is 0 Å². The van der Waals surface area contributed by atoms with Crippen molar-refractivity contribution in [1.29, 1.82) is 0 Å². The molecule has 0 spiro atoms. The fraction of sp³-hybridized carbons (Fsp3) is 0.714. The fourth-order valence-corrected chi connectivity index (χ4v) is 4.73. The zero-order valence-electron chi connectivity index (χ0n) is 15.6. The summed E-state index contributed by atoms with van der Waals surface area (Å²) in [5.41, 5.74) is 0.533. The van der Waals surface area contributed by atoms with Crippen molar-refractivity contribution in [1.82, 2.24) is 0 Å². The molecule has 0 saturated heterocycles. The van der Waals surface area contributed by atoms with Crippen molar-refractivity contribution in [3.63, 3.8) is 0 Å². The number of fused-ring (bicyclic) bond motifs is 1. The molecule has 2 unspecified atom stereocenters. The van der Waals surface area contributed by atoms with E-state index in [9.17, 15) is 9.50 Å². The van der Waals surface area contributed by atoms with Crippen LogP contribution in [0.4, 0.5) is 4.39 Å². The number of rotatable bonds is 8. The molecule has 0 radical (unpaired) electrons. The largest absolute Gasteiger partial charge is 0.384 e. The molecular formula is C21H32ClFO. The third-order valence-electron chi connectivity index (χ3n) is 5.86. The van der Waals surface area contributed by atoms with Crippen LogP contribution in [0, 0.1) is 17.2 Å². The number of benzene rings is 1. The van der Waals surface area contributed by atoms with Gasteiger partial charge in [-0.05, 0) is 48.4 Å². The topological polar surface area (TPSA) is 20.2 Å². The van der Waals surface area contributed by atoms with Crippen molar-refractivity contribution in [3.05, 3.63) is 34.1 Å². The predicted octanol–water partition coefficient (Wildman–Crippen LogP) is 6.64. The first-order chi connectivity index (χ1) is 11.3. The van der Waals surface area contributed by atoms with Crippen LogP contribution in [0.25, 0.3) is 0 Å². The van der Waals surface area contributed by atoms with Gasteiger partial charge in [-0.15, -0.1) is 0 Å². The van der Waals surface area contributed by atoms with Crippen LogP contribution < -0.4 is 0 Å². The van der Waals surface area contributed by atoms with Crippen molar-refractivity contribution < 1.29 is 9.50 Å². The number of aliphatic hydroxyl groups is 1. The van der Waals surface area contributed by atoms with E-state index in [2.05, 4.69) is 27.7 Å². The Kier molecular flexibility index (Phi) is 6.36. The van der Waals surface area contributed by atoms with Gasteiger partial charge in [-0.3, -0.25) is 0 Å². The van der Waals surface area contributed by atoms with Crippen LogP contribution in [0.3, 0.4) is 0 Å². The van der Waals surface area contributed by atoms with Crippen LogP contribution in [0.5, 0.6) is 0 Å². The van der Waals surface area contributed by atoms with E-state index in [0.717, 1.165) is 36.8 Å². The molecule has 2 rings (SSSR count). The molecule has 0 heterocycles. The van der Waals surface area contributed by atoms with Gasteiger partial charge in [-0.2, -0.15) is 0 Å². The number of halogens is 2. The second-order valence-corrected chi connectivity index (χ2v) is 8.49. The molecule has 136 valence electrons. The maximum Gasteiger partial charge on any atom is 0.142 e. The Balaban J connectivity index is 2.37. The van der Waals surface area contributed by atoms with Gasteiger partial charge in [0, 0.05) is 5.41 Å². The Morgan fingerprint density at radius 1 is 1.12 bits per heavy atom. The van der Waals surface area contributed by atoms with Gasteiger partial charge in [-0.25, -0.2) is 4.39 Å². The highest BCUT2D eigenvalue weighted by atomic mass is 35.5. The summed E-state index contributed by atoms with van der Waals surface area (Å²) >= 11 is 6.05. The predicted molar refractivity (Wildman–Crippen MR) is 99.9 cm³/mol. The SMILES string of the molecule is CCCCCCC(CCC)C1(O)c2cc(Cl)c(F)cc2CC1(C)C. The van der Waals surface area contributed by atoms with E-state index in [1.54, 1.807) is 6.07 Å². The molecule has 0 saturated carbocycles. The van der Waals surface area contributed by atoms with E-state index < -0.39 is 5.60 Å². The summed E-state index contributed by atoms with van der Waals surface area (Å²) in [5.74, 6) is -0.192. The zero-order chi connectivity index (χ0) is 18.0. The van der Waals surface area contributed by atoms with Crippen molar-refractivity contribution in [3.8, 4) is 0 Å². The van der Waals surface area contributed by atoms with E-state index in [1.807, 2.05) is 0 Å². The molecule has 1 N–H and O–H groups in total. The minimum Gasteiger partial charge on any atom is -0.384 e. The summed E-state index contributed by atoms with van der Waals surface area (Å²) in [6.07, 6.45) is 8.55. The van der Waals surface area contributed by atoms with Gasteiger partial charge in [-0.1, -0.05) is 71.4 Å². The third-order valence-corrected chi connectivity index (χ3v) is 6.14. The van der Waals surface area contributed by atoms with Crippen LogP contribution >= 0.6 is 11.6 Å². The Morgan fingerprint density at radius 3 is 2.46 bits per heavy atom. The van der Waals surface area contributed by atoms with Gasteiger partial charge < -0.3 is 5.11 Å². The van der Waals surface area contributed by atoms with Crippen molar-refractivity contribution in [2.75, 3.05) is 0 Å². The molecule has 0 aromatic heterocycles. The lowest BCUT2D eigenvalue weighted by molar-refractivity contribution is -0.113. The average molecular weight is 355 g/mol. The number of hydrogen-bond acceptors (Lipinski definition) is 1. The second-order valence-electron chi connectivity index (χ2n) is 8.09. The van der Waals surface area contributed by atoms with Crippen LogP contribution in [0.2, 0.25) is 5.02 Å². The molecule has 1 aromatic rings. The minimum absolute atomic E-state index is 0.117. The van der Waals surface area contributed by atoms with Gasteiger partial charge in [0.15, 0.2) is 0 Å². The Labute approximate surface area is 151 Å². The summed E-state index contributed by atoms with van der Waals surface area (Å²) in [6, 6.07) is 3.20. The molecule has 0 amide bonds. The molecule has 1 nitrogen and oxygen atoms in total. The van der Waals surface area contributed by atoms with E-state index in [0.29, 0.717) is 6.42 Å². The van der Waals surface area contributed by atoms with Crippen molar-refractivity contribution in [2.24, 2.45) is 11.3 Å². The highest BCUT2D eigenvalue weighted by molar-refractivity contribution is 6.30. The average Bonchev–Trinajstić information content (AvgIpc) is 2.71. The fourth-order valence-electron chi connectivity index (χ4n) is 4.57. The van der Waals surface area contributed by atoms with E-state index in [-0.39, 0.29) is 22.2 Å². The van der Waals surface area contributed by atoms with E-state index in [4.69, 9.17) is 11.6 Å². The molecule has 1 aliphatic carbocycles. The van der Waals surface area contributed by atoms with Crippen LogP contribution in [-0.4, -0.2) is 5.11 Å². The summed E-state index contributed by atoms with van der Waals surface area (Å²) < 4.78 is 13.9. The molecular weight excluding hydrogens is 323 g/mol. The normalized spacial score (nSPS) is 23.3.